The number of Topliss-reactive ketones (excluding diaryl/α,β-unsaturated/α-hetero) is 1. The maximum absolute atomic E-state index is 12.1. The Morgan fingerprint density at radius 2 is 1.94 bits per heavy atom. The molecule has 0 aromatic heterocycles. The number of alkyl halides is 2. The van der Waals surface area contributed by atoms with Crippen LogP contribution in [-0.4, -0.2) is 24.8 Å². The van der Waals surface area contributed by atoms with Gasteiger partial charge in [0.1, 0.15) is 0 Å². The molecule has 5 heteroatoms. The monoisotopic (exact) mass is 228 g/mol. The highest BCUT2D eigenvalue weighted by Crippen LogP contribution is 2.11. The number of esters is 1. The van der Waals surface area contributed by atoms with Gasteiger partial charge in [0, 0.05) is 5.56 Å². The van der Waals surface area contributed by atoms with Crippen molar-refractivity contribution in [3.63, 3.8) is 0 Å². The highest BCUT2D eigenvalue weighted by Gasteiger charge is 2.19. The van der Waals surface area contributed by atoms with Crippen molar-refractivity contribution in [2.24, 2.45) is 0 Å². The summed E-state index contributed by atoms with van der Waals surface area (Å²) in [6.07, 6.45) is -3.07. The number of ether oxygens (including phenoxy) is 1. The molecule has 0 aliphatic carbocycles. The minimum atomic E-state index is -3.07. The lowest BCUT2D eigenvalue weighted by atomic mass is 10.1. The maximum atomic E-state index is 12.1. The van der Waals surface area contributed by atoms with Crippen LogP contribution in [0.3, 0.4) is 0 Å². The second-order valence-corrected chi connectivity index (χ2v) is 2.97. The van der Waals surface area contributed by atoms with Gasteiger partial charge >= 0.3 is 12.4 Å². The Labute approximate surface area is 91.0 Å². The summed E-state index contributed by atoms with van der Waals surface area (Å²) in [7, 11) is 0. The van der Waals surface area contributed by atoms with E-state index in [1.807, 2.05) is 0 Å². The summed E-state index contributed by atoms with van der Waals surface area (Å²) in [6.45, 7) is 1.82. The van der Waals surface area contributed by atoms with Crippen LogP contribution in [0.2, 0.25) is 0 Å². The molecule has 0 atom stereocenters. The van der Waals surface area contributed by atoms with Crippen molar-refractivity contribution in [3.8, 4) is 0 Å². The van der Waals surface area contributed by atoms with Crippen LogP contribution in [0.1, 0.15) is 27.6 Å². The Morgan fingerprint density at radius 3 is 2.50 bits per heavy atom. The molecule has 1 rings (SSSR count). The Hall–Kier alpha value is -1.78. The van der Waals surface area contributed by atoms with Crippen LogP contribution in [-0.2, 0) is 4.74 Å². The molecule has 0 unspecified atom stereocenters. The van der Waals surface area contributed by atoms with Gasteiger partial charge in [0.25, 0.3) is 0 Å². The third-order valence-corrected chi connectivity index (χ3v) is 1.86. The third-order valence-electron chi connectivity index (χ3n) is 1.86. The average molecular weight is 228 g/mol. The minimum absolute atomic E-state index is 0.0911. The van der Waals surface area contributed by atoms with Crippen LogP contribution < -0.4 is 0 Å². The van der Waals surface area contributed by atoms with Gasteiger partial charge in [-0.05, 0) is 19.1 Å². The molecule has 86 valence electrons. The number of hydrogen-bond acceptors (Lipinski definition) is 3. The van der Waals surface area contributed by atoms with Crippen molar-refractivity contribution in [2.75, 3.05) is 6.61 Å². The number of carbonyl (C=O) groups excluding carboxylic acids is 2. The molecule has 0 saturated heterocycles. The van der Waals surface area contributed by atoms with Gasteiger partial charge < -0.3 is 4.74 Å². The third kappa shape index (κ3) is 2.85. The first-order chi connectivity index (χ1) is 7.56. The molecular formula is C11H10F2O3. The van der Waals surface area contributed by atoms with Crippen LogP contribution >= 0.6 is 0 Å². The zero-order valence-electron chi connectivity index (χ0n) is 8.57. The van der Waals surface area contributed by atoms with Crippen LogP contribution in [0.4, 0.5) is 8.78 Å². The predicted molar refractivity (Wildman–Crippen MR) is 52.7 cm³/mol. The first kappa shape index (κ1) is 12.3. The number of hydrogen-bond donors (Lipinski definition) is 0. The largest absolute Gasteiger partial charge is 0.462 e. The Kier molecular flexibility index (Phi) is 4.10. The molecule has 0 spiro atoms. The number of carbonyl (C=O) groups is 2. The van der Waals surface area contributed by atoms with E-state index < -0.39 is 18.2 Å². The fourth-order valence-electron chi connectivity index (χ4n) is 1.14. The second-order valence-electron chi connectivity index (χ2n) is 2.97. The Bertz CT molecular complexity index is 402. The van der Waals surface area contributed by atoms with E-state index >= 15 is 0 Å². The fraction of sp³-hybridized carbons (Fsp3) is 0.273. The van der Waals surface area contributed by atoms with E-state index in [2.05, 4.69) is 4.74 Å². The van der Waals surface area contributed by atoms with Crippen molar-refractivity contribution >= 4 is 11.8 Å². The summed E-state index contributed by atoms with van der Waals surface area (Å²) in [5.74, 6) is -1.93. The summed E-state index contributed by atoms with van der Waals surface area (Å²) < 4.78 is 28.9. The SMILES string of the molecule is CCOC(=O)c1cccc(C(=O)C(F)F)c1. The van der Waals surface area contributed by atoms with E-state index in [-0.39, 0.29) is 17.7 Å². The number of rotatable bonds is 4. The van der Waals surface area contributed by atoms with Crippen LogP contribution in [0.15, 0.2) is 24.3 Å². The van der Waals surface area contributed by atoms with E-state index in [1.54, 1.807) is 6.92 Å². The predicted octanol–water partition coefficient (Wildman–Crippen LogP) is 2.31. The normalized spacial score (nSPS) is 10.2. The molecule has 1 aromatic carbocycles. The van der Waals surface area contributed by atoms with Gasteiger partial charge in [-0.1, -0.05) is 12.1 Å². The molecule has 0 amide bonds. The molecule has 0 aliphatic rings. The van der Waals surface area contributed by atoms with Crippen molar-refractivity contribution < 1.29 is 23.1 Å². The number of halogens is 2. The van der Waals surface area contributed by atoms with Crippen molar-refractivity contribution in [1.82, 2.24) is 0 Å². The summed E-state index contributed by atoms with van der Waals surface area (Å²) in [6, 6.07) is 5.10. The van der Waals surface area contributed by atoms with Gasteiger partial charge in [0.2, 0.25) is 5.78 Å². The van der Waals surface area contributed by atoms with Crippen LogP contribution in [0.25, 0.3) is 0 Å². The summed E-state index contributed by atoms with van der Waals surface area (Å²) in [4.78, 5) is 22.2. The zero-order valence-corrected chi connectivity index (χ0v) is 8.57. The van der Waals surface area contributed by atoms with Crippen molar-refractivity contribution in [1.29, 1.82) is 0 Å². The number of benzene rings is 1. The maximum Gasteiger partial charge on any atom is 0.338 e. The van der Waals surface area contributed by atoms with E-state index in [4.69, 9.17) is 0 Å². The number of ketones is 1. The zero-order chi connectivity index (χ0) is 12.1. The molecule has 16 heavy (non-hydrogen) atoms. The summed E-state index contributed by atoms with van der Waals surface area (Å²) in [5.41, 5.74) is -0.103. The molecule has 1 aromatic rings. The van der Waals surface area contributed by atoms with Gasteiger partial charge in [-0.2, -0.15) is 0 Å². The minimum Gasteiger partial charge on any atom is -0.462 e. The molecule has 0 aliphatic heterocycles. The molecule has 0 saturated carbocycles. The molecule has 0 N–H and O–H groups in total. The lowest BCUT2D eigenvalue weighted by Gasteiger charge is -2.03. The van der Waals surface area contributed by atoms with Gasteiger partial charge in [0.15, 0.2) is 0 Å². The van der Waals surface area contributed by atoms with E-state index in [0.29, 0.717) is 0 Å². The van der Waals surface area contributed by atoms with E-state index in [9.17, 15) is 18.4 Å². The molecule has 0 bridgehead atoms. The molecule has 0 heterocycles. The first-order valence-electron chi connectivity index (χ1n) is 4.65. The standard InChI is InChI=1S/C11H10F2O3/c1-2-16-11(15)8-5-3-4-7(6-8)9(14)10(12)13/h3-6,10H,2H2,1H3. The quantitative estimate of drug-likeness (QED) is 0.586. The van der Waals surface area contributed by atoms with Gasteiger partial charge in [-0.15, -0.1) is 0 Å². The Morgan fingerprint density at radius 1 is 1.31 bits per heavy atom. The van der Waals surface area contributed by atoms with Gasteiger partial charge in [-0.25, -0.2) is 13.6 Å². The van der Waals surface area contributed by atoms with E-state index in [0.717, 1.165) is 6.07 Å². The summed E-state index contributed by atoms with van der Waals surface area (Å²) in [5, 5.41) is 0. The molecule has 0 radical (unpaired) electrons. The molecular weight excluding hydrogens is 218 g/mol. The first-order valence-corrected chi connectivity index (χ1v) is 4.65. The van der Waals surface area contributed by atoms with Crippen molar-refractivity contribution in [3.05, 3.63) is 35.4 Å². The molecule has 3 nitrogen and oxygen atoms in total. The van der Waals surface area contributed by atoms with Gasteiger partial charge in [-0.3, -0.25) is 4.79 Å². The van der Waals surface area contributed by atoms with Gasteiger partial charge in [0.05, 0.1) is 12.2 Å². The highest BCUT2D eigenvalue weighted by molar-refractivity contribution is 6.00. The highest BCUT2D eigenvalue weighted by atomic mass is 19.3. The second kappa shape index (κ2) is 5.34. The Balaban J connectivity index is 2.95. The molecule has 0 fully saturated rings. The van der Waals surface area contributed by atoms with Crippen LogP contribution in [0, 0.1) is 0 Å². The fourth-order valence-corrected chi connectivity index (χ4v) is 1.14. The topological polar surface area (TPSA) is 43.4 Å². The summed E-state index contributed by atoms with van der Waals surface area (Å²) >= 11 is 0. The average Bonchev–Trinajstić information content (AvgIpc) is 2.28. The van der Waals surface area contributed by atoms with Crippen LogP contribution in [0.5, 0.6) is 0 Å². The lowest BCUT2D eigenvalue weighted by molar-refractivity contribution is 0.0526. The van der Waals surface area contributed by atoms with Crippen molar-refractivity contribution in [2.45, 2.75) is 13.3 Å². The van der Waals surface area contributed by atoms with E-state index in [1.165, 1.54) is 18.2 Å². The lowest BCUT2D eigenvalue weighted by Crippen LogP contribution is -2.12. The smallest absolute Gasteiger partial charge is 0.338 e.